The quantitative estimate of drug-likeness (QED) is 0.607. The number of halogens is 1. The Morgan fingerprint density at radius 2 is 1.93 bits per heavy atom. The van der Waals surface area contributed by atoms with Crippen LogP contribution in [0.25, 0.3) is 0 Å². The maximum absolute atomic E-state index is 12.9. The number of nitrogens with one attached hydrogen (secondary N) is 3. The Hall–Kier alpha value is -3.33. The number of thiazole rings is 1. The number of urea groups is 1. The third-order valence-corrected chi connectivity index (χ3v) is 4.23. The SMILES string of the molecule is O=C(Cc1csc(NC(=O)Nc2ccc(F)cc2)n1)NCc1cccnc1. The summed E-state index contributed by atoms with van der Waals surface area (Å²) < 4.78 is 12.9. The van der Waals surface area contributed by atoms with Crippen molar-refractivity contribution in [2.45, 2.75) is 13.0 Å². The van der Waals surface area contributed by atoms with Crippen LogP contribution in [-0.4, -0.2) is 21.9 Å². The van der Waals surface area contributed by atoms with E-state index in [2.05, 4.69) is 25.9 Å². The lowest BCUT2D eigenvalue weighted by Crippen LogP contribution is -2.24. The van der Waals surface area contributed by atoms with E-state index in [9.17, 15) is 14.0 Å². The molecule has 3 amide bonds. The van der Waals surface area contributed by atoms with Gasteiger partial charge in [0.2, 0.25) is 5.91 Å². The molecule has 3 rings (SSSR count). The molecule has 0 bridgehead atoms. The molecule has 3 aromatic rings. The topological polar surface area (TPSA) is 96.0 Å². The molecule has 7 nitrogen and oxygen atoms in total. The lowest BCUT2D eigenvalue weighted by molar-refractivity contribution is -0.120. The molecule has 2 aromatic heterocycles. The zero-order valence-corrected chi connectivity index (χ0v) is 14.9. The molecule has 3 N–H and O–H groups in total. The van der Waals surface area contributed by atoms with E-state index in [-0.39, 0.29) is 18.1 Å². The smallest absolute Gasteiger partial charge is 0.325 e. The Bertz CT molecular complexity index is 915. The van der Waals surface area contributed by atoms with Gasteiger partial charge in [0.05, 0.1) is 12.1 Å². The van der Waals surface area contributed by atoms with E-state index in [1.54, 1.807) is 23.8 Å². The van der Waals surface area contributed by atoms with Crippen molar-refractivity contribution in [2.24, 2.45) is 0 Å². The van der Waals surface area contributed by atoms with Crippen LogP contribution < -0.4 is 16.0 Å². The van der Waals surface area contributed by atoms with Crippen molar-refractivity contribution in [3.8, 4) is 0 Å². The second-order valence-electron chi connectivity index (χ2n) is 5.54. The van der Waals surface area contributed by atoms with Crippen molar-refractivity contribution in [1.82, 2.24) is 15.3 Å². The second-order valence-corrected chi connectivity index (χ2v) is 6.40. The molecule has 0 saturated heterocycles. The van der Waals surface area contributed by atoms with Gasteiger partial charge in [0.1, 0.15) is 5.82 Å². The minimum atomic E-state index is -0.497. The van der Waals surface area contributed by atoms with Gasteiger partial charge in [-0.15, -0.1) is 11.3 Å². The molecule has 0 aliphatic carbocycles. The Morgan fingerprint density at radius 1 is 1.11 bits per heavy atom. The summed E-state index contributed by atoms with van der Waals surface area (Å²) in [6.07, 6.45) is 3.46. The Labute approximate surface area is 158 Å². The third kappa shape index (κ3) is 5.86. The van der Waals surface area contributed by atoms with Crippen LogP contribution in [0.3, 0.4) is 0 Å². The first-order valence-corrected chi connectivity index (χ1v) is 8.90. The molecule has 0 atom stereocenters. The molecule has 0 saturated carbocycles. The van der Waals surface area contributed by atoms with Crippen LogP contribution in [0.1, 0.15) is 11.3 Å². The van der Waals surface area contributed by atoms with E-state index >= 15 is 0 Å². The summed E-state index contributed by atoms with van der Waals surface area (Å²) in [5.41, 5.74) is 1.92. The average Bonchev–Trinajstić information content (AvgIpc) is 3.09. The summed E-state index contributed by atoms with van der Waals surface area (Å²) >= 11 is 1.21. The van der Waals surface area contributed by atoms with Gasteiger partial charge in [-0.3, -0.25) is 15.1 Å². The number of aromatic nitrogens is 2. The molecule has 1 aromatic carbocycles. The molecule has 138 valence electrons. The number of benzene rings is 1. The van der Waals surface area contributed by atoms with Gasteiger partial charge in [-0.05, 0) is 35.9 Å². The first kappa shape index (κ1) is 18.5. The van der Waals surface area contributed by atoms with E-state index in [1.165, 1.54) is 35.6 Å². The zero-order valence-electron chi connectivity index (χ0n) is 14.1. The number of carbonyl (C=O) groups is 2. The lowest BCUT2D eigenvalue weighted by Gasteiger charge is -2.05. The Kier molecular flexibility index (Phi) is 6.06. The fourth-order valence-electron chi connectivity index (χ4n) is 2.17. The fraction of sp³-hybridized carbons (Fsp3) is 0.111. The van der Waals surface area contributed by atoms with Crippen molar-refractivity contribution in [3.63, 3.8) is 0 Å². The first-order chi connectivity index (χ1) is 13.1. The van der Waals surface area contributed by atoms with Gasteiger partial charge >= 0.3 is 6.03 Å². The molecule has 0 spiro atoms. The van der Waals surface area contributed by atoms with E-state index in [1.807, 2.05) is 6.07 Å². The van der Waals surface area contributed by atoms with Gasteiger partial charge in [0, 0.05) is 30.0 Å². The number of pyridine rings is 1. The predicted molar refractivity (Wildman–Crippen MR) is 101 cm³/mol. The van der Waals surface area contributed by atoms with Gasteiger partial charge in [-0.25, -0.2) is 14.2 Å². The predicted octanol–water partition coefficient (Wildman–Crippen LogP) is 3.18. The van der Waals surface area contributed by atoms with Crippen molar-refractivity contribution in [2.75, 3.05) is 10.6 Å². The maximum atomic E-state index is 12.9. The second kappa shape index (κ2) is 8.86. The van der Waals surface area contributed by atoms with Crippen LogP contribution in [0.4, 0.5) is 20.0 Å². The van der Waals surface area contributed by atoms with Crippen molar-refractivity contribution < 1.29 is 14.0 Å². The standard InChI is InChI=1S/C18H16FN5O2S/c19-13-3-5-14(6-4-13)22-17(26)24-18-23-15(11-27-18)8-16(25)21-10-12-2-1-7-20-9-12/h1-7,9,11H,8,10H2,(H,21,25)(H2,22,23,24,26). The Morgan fingerprint density at radius 3 is 2.67 bits per heavy atom. The summed E-state index contributed by atoms with van der Waals surface area (Å²) in [6.45, 7) is 0.391. The monoisotopic (exact) mass is 385 g/mol. The van der Waals surface area contributed by atoms with Crippen LogP contribution in [0.5, 0.6) is 0 Å². The van der Waals surface area contributed by atoms with Gasteiger partial charge in [-0.1, -0.05) is 6.07 Å². The zero-order chi connectivity index (χ0) is 19.1. The molecule has 0 unspecified atom stereocenters. The van der Waals surface area contributed by atoms with Crippen LogP contribution >= 0.6 is 11.3 Å². The van der Waals surface area contributed by atoms with E-state index < -0.39 is 6.03 Å². The number of hydrogen-bond donors (Lipinski definition) is 3. The van der Waals surface area contributed by atoms with Crippen LogP contribution in [0, 0.1) is 5.82 Å². The minimum Gasteiger partial charge on any atom is -0.352 e. The van der Waals surface area contributed by atoms with Crippen molar-refractivity contribution in [1.29, 1.82) is 0 Å². The number of anilines is 2. The van der Waals surface area contributed by atoms with Gasteiger partial charge in [0.15, 0.2) is 5.13 Å². The van der Waals surface area contributed by atoms with E-state index in [4.69, 9.17) is 0 Å². The number of amides is 3. The van der Waals surface area contributed by atoms with Crippen molar-refractivity contribution >= 4 is 34.1 Å². The summed E-state index contributed by atoms with van der Waals surface area (Å²) in [7, 11) is 0. The first-order valence-electron chi connectivity index (χ1n) is 8.02. The highest BCUT2D eigenvalue weighted by molar-refractivity contribution is 7.14. The lowest BCUT2D eigenvalue weighted by atomic mass is 10.2. The molecular weight excluding hydrogens is 369 g/mol. The summed E-state index contributed by atoms with van der Waals surface area (Å²) in [4.78, 5) is 32.1. The summed E-state index contributed by atoms with van der Waals surface area (Å²) in [6, 6.07) is 8.59. The third-order valence-electron chi connectivity index (χ3n) is 3.43. The fourth-order valence-corrected chi connectivity index (χ4v) is 2.87. The number of rotatable bonds is 6. The Balaban J connectivity index is 1.46. The van der Waals surface area contributed by atoms with Gasteiger partial charge in [0.25, 0.3) is 0 Å². The van der Waals surface area contributed by atoms with Gasteiger partial charge in [-0.2, -0.15) is 0 Å². The maximum Gasteiger partial charge on any atom is 0.325 e. The number of nitrogens with zero attached hydrogens (tertiary/aromatic N) is 2. The highest BCUT2D eigenvalue weighted by atomic mass is 32.1. The minimum absolute atomic E-state index is 0.109. The highest BCUT2D eigenvalue weighted by Gasteiger charge is 2.10. The summed E-state index contributed by atoms with van der Waals surface area (Å²) in [5, 5.41) is 10.0. The number of carbonyl (C=O) groups excluding carboxylic acids is 2. The average molecular weight is 385 g/mol. The molecule has 0 aliphatic heterocycles. The molecule has 27 heavy (non-hydrogen) atoms. The van der Waals surface area contributed by atoms with Crippen LogP contribution in [-0.2, 0) is 17.8 Å². The van der Waals surface area contributed by atoms with Gasteiger partial charge < -0.3 is 10.6 Å². The molecule has 2 heterocycles. The van der Waals surface area contributed by atoms with E-state index in [0.717, 1.165) is 5.56 Å². The van der Waals surface area contributed by atoms with Crippen LogP contribution in [0.15, 0.2) is 54.2 Å². The molecular formula is C18H16FN5O2S. The molecule has 0 aliphatic rings. The van der Waals surface area contributed by atoms with Crippen molar-refractivity contribution in [3.05, 3.63) is 71.2 Å². The normalized spacial score (nSPS) is 10.3. The molecule has 9 heteroatoms. The number of hydrogen-bond acceptors (Lipinski definition) is 5. The largest absolute Gasteiger partial charge is 0.352 e. The molecule has 0 radical (unpaired) electrons. The van der Waals surface area contributed by atoms with E-state index in [0.29, 0.717) is 23.1 Å². The molecule has 0 fully saturated rings. The van der Waals surface area contributed by atoms with Crippen LogP contribution in [0.2, 0.25) is 0 Å². The highest BCUT2D eigenvalue weighted by Crippen LogP contribution is 2.16. The summed E-state index contributed by atoms with van der Waals surface area (Å²) in [5.74, 6) is -0.557.